The quantitative estimate of drug-likeness (QED) is 0.0263. The fourth-order valence-electron chi connectivity index (χ4n) is 8.81. The molecule has 9 N–H and O–H groups in total. The van der Waals surface area contributed by atoms with Gasteiger partial charge in [0.1, 0.15) is 45.6 Å². The third-order valence-corrected chi connectivity index (χ3v) is 13.9. The Morgan fingerprint density at radius 3 is 1.28 bits per heavy atom. The van der Waals surface area contributed by atoms with Gasteiger partial charge >= 0.3 is 7.69 Å². The number of benzene rings is 3. The van der Waals surface area contributed by atoms with Crippen LogP contribution in [0.4, 0.5) is 17.5 Å². The Morgan fingerprint density at radius 1 is 0.552 bits per heavy atom. The summed E-state index contributed by atoms with van der Waals surface area (Å²) in [5.74, 6) is 3.54. The Morgan fingerprint density at radius 2 is 0.920 bits per heavy atom. The molecule has 87 heavy (non-hydrogen) atoms. The number of aryl methyl sites for hydroxylation is 3. The molecule has 3 aromatic heterocycles. The number of aromatic nitrogens is 3. The summed E-state index contributed by atoms with van der Waals surface area (Å²) in [6.07, 6.45) is 2.38. The lowest BCUT2D eigenvalue weighted by Crippen LogP contribution is -2.48. The molecule has 0 spiro atoms. The highest BCUT2D eigenvalue weighted by Crippen LogP contribution is 2.32. The van der Waals surface area contributed by atoms with E-state index in [1.165, 1.54) is 6.08 Å². The molecule has 9 rings (SSSR count). The van der Waals surface area contributed by atoms with Crippen molar-refractivity contribution in [3.05, 3.63) is 155 Å². The SMILES string of the molecule is C.C.C=CC(=O)Cl.C=CC(=O)N1CCN(c2ccc(C(N)=O)c(-c3ccc(C)c(OC)c3)n2)CC1.COc1cc(-c2nc(N3CCNCC3)ccc2C(N)=O)ccc1C.COc1cc(O[B]O)ccc1C.NC(=O)c1ccc(N2CCNCC2)nc1Cl. The number of amides is 4. The second-order valence-electron chi connectivity index (χ2n) is 19.0. The van der Waals surface area contributed by atoms with Crippen LogP contribution in [0.5, 0.6) is 23.0 Å². The van der Waals surface area contributed by atoms with Crippen LogP contribution in [0.3, 0.4) is 0 Å². The number of nitrogens with zero attached hydrogens (tertiary/aromatic N) is 7. The monoisotopic (exact) mass is 1230 g/mol. The molecule has 0 saturated carbocycles. The average Bonchev–Trinajstić information content (AvgIpc) is 2.06. The molecule has 0 atom stereocenters. The molecule has 3 aromatic carbocycles. The number of methoxy groups -OCH3 is 3. The molecule has 6 aromatic rings. The van der Waals surface area contributed by atoms with Crippen molar-refractivity contribution in [2.75, 3.05) is 115 Å². The van der Waals surface area contributed by atoms with E-state index < -0.39 is 23.0 Å². The van der Waals surface area contributed by atoms with Gasteiger partial charge in [0.15, 0.2) is 0 Å². The van der Waals surface area contributed by atoms with E-state index in [4.69, 9.17) is 74.3 Å². The van der Waals surface area contributed by atoms with Crippen LogP contribution in [0.1, 0.15) is 62.6 Å². The number of hydrogen-bond acceptors (Lipinski definition) is 18. The summed E-state index contributed by atoms with van der Waals surface area (Å²) in [6, 6.07) is 27.3. The smallest absolute Gasteiger partial charge is 0.537 e. The molecule has 22 nitrogen and oxygen atoms in total. The van der Waals surface area contributed by atoms with E-state index in [1.54, 1.807) is 68.7 Å². The Hall–Kier alpha value is -8.74. The fraction of sp³-hybridized carbons (Fsp3) is 0.323. The number of hydrogen-bond donors (Lipinski definition) is 6. The number of ether oxygens (including phenoxy) is 3. The van der Waals surface area contributed by atoms with E-state index in [0.717, 1.165) is 121 Å². The van der Waals surface area contributed by atoms with E-state index in [2.05, 4.69) is 43.5 Å². The van der Waals surface area contributed by atoms with Gasteiger partial charge in [-0.25, -0.2) is 15.0 Å². The summed E-state index contributed by atoms with van der Waals surface area (Å²) < 4.78 is 20.6. The number of carbonyl (C=O) groups excluding carboxylic acids is 5. The minimum absolute atomic E-state index is 0. The van der Waals surface area contributed by atoms with Crippen LogP contribution in [-0.4, -0.2) is 161 Å². The summed E-state index contributed by atoms with van der Waals surface area (Å²) in [5, 5.41) is 14.6. The Balaban J connectivity index is 0.000000305. The third kappa shape index (κ3) is 21.0. The highest BCUT2D eigenvalue weighted by atomic mass is 35.5. The van der Waals surface area contributed by atoms with Crippen LogP contribution in [-0.2, 0) is 9.59 Å². The Labute approximate surface area is 520 Å². The average molecular weight is 1240 g/mol. The van der Waals surface area contributed by atoms with E-state index in [9.17, 15) is 24.0 Å². The van der Waals surface area contributed by atoms with Crippen molar-refractivity contribution < 1.29 is 47.9 Å². The first-order valence-corrected chi connectivity index (χ1v) is 27.6. The van der Waals surface area contributed by atoms with Gasteiger partial charge in [0.25, 0.3) is 17.7 Å². The second kappa shape index (κ2) is 36.3. The largest absolute Gasteiger partial charge is 0.569 e. The van der Waals surface area contributed by atoms with Crippen LogP contribution >= 0.6 is 23.2 Å². The topological polar surface area (TPSA) is 296 Å². The number of nitrogens with one attached hydrogen (secondary N) is 2. The molecule has 465 valence electrons. The number of allylic oxidation sites excluding steroid dienone is 1. The summed E-state index contributed by atoms with van der Waals surface area (Å²) in [4.78, 5) is 77.8. The molecule has 0 aliphatic carbocycles. The molecule has 6 heterocycles. The van der Waals surface area contributed by atoms with Gasteiger partial charge in [-0.1, -0.05) is 69.9 Å². The molecule has 1 radical (unpaired) electrons. The molecule has 3 saturated heterocycles. The van der Waals surface area contributed by atoms with Crippen molar-refractivity contribution in [3.63, 3.8) is 0 Å². The van der Waals surface area contributed by atoms with E-state index >= 15 is 0 Å². The predicted molar refractivity (Wildman–Crippen MR) is 347 cm³/mol. The second-order valence-corrected chi connectivity index (χ2v) is 19.7. The zero-order valence-corrected chi connectivity index (χ0v) is 50.0. The summed E-state index contributed by atoms with van der Waals surface area (Å²) in [6.45, 7) is 22.2. The lowest BCUT2D eigenvalue weighted by Gasteiger charge is -2.35. The number of halogens is 2. The minimum Gasteiger partial charge on any atom is -0.537 e. The molecule has 3 aliphatic rings. The molecule has 3 aliphatic heterocycles. The van der Waals surface area contributed by atoms with Gasteiger partial charge in [0.05, 0.1) is 49.4 Å². The molecular weight excluding hydrogens is 1150 g/mol. The normalized spacial score (nSPS) is 13.1. The van der Waals surface area contributed by atoms with Crippen molar-refractivity contribution in [2.24, 2.45) is 17.2 Å². The van der Waals surface area contributed by atoms with Crippen molar-refractivity contribution in [2.45, 2.75) is 35.6 Å². The van der Waals surface area contributed by atoms with E-state index in [-0.39, 0.29) is 31.5 Å². The molecule has 4 amide bonds. The van der Waals surface area contributed by atoms with E-state index in [1.807, 2.05) is 69.3 Å². The molecule has 0 bridgehead atoms. The molecule has 3 fully saturated rings. The number of nitrogens with two attached hydrogens (primary N) is 3. The number of primary amides is 3. The number of piperazine rings is 3. The van der Waals surface area contributed by atoms with Crippen molar-refractivity contribution in [3.8, 4) is 45.5 Å². The first kappa shape index (κ1) is 72.5. The van der Waals surface area contributed by atoms with Gasteiger partial charge in [-0.2, -0.15) is 0 Å². The highest BCUT2D eigenvalue weighted by Gasteiger charge is 2.24. The van der Waals surface area contributed by atoms with Crippen molar-refractivity contribution >= 4 is 77.2 Å². The standard InChI is InChI=1S/C21H24N4O3.C18H22N4O2.C10H13ClN4O.C8H10BO3.C3H3ClO.2CH4/c1-4-19(26)25-11-9-24(10-12-25)18-8-7-16(21(22)27)20(23-18)15-6-5-14(2)17(13-15)28-3;1-12-3-4-13(11-15(12)24-2)17-14(18(19)23)5-6-16(21-17)22-9-7-20-8-10-22;11-9-7(10(12)16)1-2-8(14-9)15-5-3-13-4-6-15;1-6-3-4-7(12-9-10)5-8(6)11-2;1-2-3(4)5;;/h4-8,13H,1,9-12H2,2-3H3,(H2,22,27);3-6,11,20H,7-10H2,1-2H3,(H2,19,23);1-2,13H,3-6H2,(H2,12,16);3-5,10H,1-2H3;2H,1H2;2*1H4. The zero-order valence-electron chi connectivity index (χ0n) is 48.5. The van der Waals surface area contributed by atoms with Crippen molar-refractivity contribution in [1.29, 1.82) is 0 Å². The highest BCUT2D eigenvalue weighted by molar-refractivity contribution is 6.66. The van der Waals surface area contributed by atoms with Crippen LogP contribution < -0.4 is 61.4 Å². The fourth-order valence-corrected chi connectivity index (χ4v) is 9.06. The van der Waals surface area contributed by atoms with Crippen LogP contribution in [0, 0.1) is 20.8 Å². The maximum atomic E-state index is 11.9. The summed E-state index contributed by atoms with van der Waals surface area (Å²) >= 11 is 10.6. The van der Waals surface area contributed by atoms with Crippen LogP contribution in [0.15, 0.2) is 116 Å². The van der Waals surface area contributed by atoms with Gasteiger partial charge in [0.2, 0.25) is 11.1 Å². The van der Waals surface area contributed by atoms with Gasteiger partial charge in [0, 0.05) is 95.7 Å². The first-order valence-electron chi connectivity index (χ1n) is 26.8. The molecular formula is C62H80BCl2N12O10. The van der Waals surface area contributed by atoms with Crippen molar-refractivity contribution in [1.82, 2.24) is 30.5 Å². The number of carbonyl (C=O) groups is 5. The number of pyridine rings is 3. The summed E-state index contributed by atoms with van der Waals surface area (Å²) in [5.41, 5.74) is 23.1. The molecule has 0 unspecified atom stereocenters. The number of anilines is 3. The van der Waals surface area contributed by atoms with E-state index in [0.29, 0.717) is 62.1 Å². The molecule has 25 heteroatoms. The Kier molecular flexibility index (Phi) is 30.3. The van der Waals surface area contributed by atoms with Gasteiger partial charge in [-0.15, -0.1) is 0 Å². The Bertz CT molecular complexity index is 3300. The third-order valence-electron chi connectivity index (χ3n) is 13.5. The summed E-state index contributed by atoms with van der Waals surface area (Å²) in [7, 11) is 5.47. The first-order chi connectivity index (χ1) is 40.8. The lowest BCUT2D eigenvalue weighted by atomic mass is 10.0. The lowest BCUT2D eigenvalue weighted by molar-refractivity contribution is -0.126. The van der Waals surface area contributed by atoms with Crippen LogP contribution in [0.2, 0.25) is 5.15 Å². The maximum Gasteiger partial charge on any atom is 0.569 e. The van der Waals surface area contributed by atoms with Gasteiger partial charge in [-0.05, 0) is 116 Å². The van der Waals surface area contributed by atoms with Crippen LogP contribution in [0.25, 0.3) is 22.5 Å². The minimum atomic E-state index is -0.552. The van der Waals surface area contributed by atoms with Gasteiger partial charge < -0.3 is 71.3 Å². The van der Waals surface area contributed by atoms with Gasteiger partial charge in [-0.3, -0.25) is 24.0 Å². The zero-order chi connectivity index (χ0) is 62.2. The number of rotatable bonds is 15. The predicted octanol–water partition coefficient (Wildman–Crippen LogP) is 6.94. The maximum absolute atomic E-state index is 11.9.